The molecule has 0 aromatic heterocycles. The molecule has 2 N–H and O–H groups in total. The van der Waals surface area contributed by atoms with Crippen LogP contribution in [0.3, 0.4) is 0 Å². The normalized spacial score (nSPS) is 22.2. The molecule has 0 saturated carbocycles. The van der Waals surface area contributed by atoms with E-state index in [2.05, 4.69) is 19.1 Å². The Morgan fingerprint density at radius 3 is 2.22 bits per heavy atom. The number of aryl methyl sites for hydroxylation is 2. The molecule has 18 heavy (non-hydrogen) atoms. The molecule has 2 aromatic rings. The van der Waals surface area contributed by atoms with Gasteiger partial charge in [0.2, 0.25) is 0 Å². The quantitative estimate of drug-likeness (QED) is 0.743. The molecule has 1 aliphatic rings. The maximum atomic E-state index is 10.2. The highest BCUT2D eigenvalue weighted by atomic mass is 16.3. The summed E-state index contributed by atoms with van der Waals surface area (Å²) >= 11 is 0. The molecule has 1 aliphatic carbocycles. The van der Waals surface area contributed by atoms with Gasteiger partial charge in [-0.2, -0.15) is 0 Å². The third-order valence-corrected chi connectivity index (χ3v) is 3.91. The minimum atomic E-state index is -0.826. The maximum Gasteiger partial charge on any atom is 0.109 e. The molecule has 0 radical (unpaired) electrons. The molecule has 0 fully saturated rings. The zero-order chi connectivity index (χ0) is 12.9. The van der Waals surface area contributed by atoms with E-state index < -0.39 is 12.2 Å². The number of aliphatic hydroxyl groups excluding tert-OH is 2. The molecule has 0 bridgehead atoms. The van der Waals surface area contributed by atoms with Crippen LogP contribution in [-0.2, 0) is 0 Å². The maximum absolute atomic E-state index is 10.2. The van der Waals surface area contributed by atoms with E-state index in [0.29, 0.717) is 0 Å². The van der Waals surface area contributed by atoms with Crippen molar-refractivity contribution in [3.8, 4) is 0 Å². The highest BCUT2D eigenvalue weighted by Crippen LogP contribution is 2.38. The van der Waals surface area contributed by atoms with Gasteiger partial charge in [-0.15, -0.1) is 0 Å². The van der Waals surface area contributed by atoms with Crippen LogP contribution in [0.1, 0.15) is 28.4 Å². The second kappa shape index (κ2) is 3.94. The standard InChI is InChI=1S/C16H16O2/c1-9-11-5-3-4-6-12(11)10(2)15-13(9)7-8-14(17)16(15)18/h3-8,14,16-18H,1-2H3/t14-,16+/m1/s1. The lowest BCUT2D eigenvalue weighted by molar-refractivity contribution is 0.0466. The molecule has 0 amide bonds. The second-order valence-corrected chi connectivity index (χ2v) is 4.92. The van der Waals surface area contributed by atoms with Crippen LogP contribution in [0.5, 0.6) is 0 Å². The van der Waals surface area contributed by atoms with Crippen molar-refractivity contribution in [3.63, 3.8) is 0 Å². The molecule has 0 saturated heterocycles. The number of aliphatic hydroxyl groups is 2. The summed E-state index contributed by atoms with van der Waals surface area (Å²) in [5.74, 6) is 0. The van der Waals surface area contributed by atoms with Crippen molar-refractivity contribution in [2.24, 2.45) is 0 Å². The summed E-state index contributed by atoms with van der Waals surface area (Å²) in [7, 11) is 0. The van der Waals surface area contributed by atoms with Gasteiger partial charge in [0, 0.05) is 0 Å². The van der Waals surface area contributed by atoms with E-state index in [-0.39, 0.29) is 0 Å². The van der Waals surface area contributed by atoms with E-state index in [1.165, 1.54) is 5.39 Å². The Bertz CT molecular complexity index is 656. The SMILES string of the molecule is Cc1c2c(c(C)c3ccccc13)[C@@H](O)[C@H](O)C=C2. The smallest absolute Gasteiger partial charge is 0.109 e. The van der Waals surface area contributed by atoms with Crippen LogP contribution in [0.15, 0.2) is 30.3 Å². The largest absolute Gasteiger partial charge is 0.386 e. The van der Waals surface area contributed by atoms with Crippen LogP contribution in [0.2, 0.25) is 0 Å². The van der Waals surface area contributed by atoms with Gasteiger partial charge >= 0.3 is 0 Å². The lowest BCUT2D eigenvalue weighted by Gasteiger charge is -2.26. The van der Waals surface area contributed by atoms with E-state index in [0.717, 1.165) is 27.6 Å². The predicted molar refractivity (Wildman–Crippen MR) is 73.4 cm³/mol. The van der Waals surface area contributed by atoms with Crippen LogP contribution in [0.25, 0.3) is 16.8 Å². The van der Waals surface area contributed by atoms with E-state index in [4.69, 9.17) is 0 Å². The molecule has 2 heteroatoms. The van der Waals surface area contributed by atoms with E-state index >= 15 is 0 Å². The first-order valence-corrected chi connectivity index (χ1v) is 6.17. The Balaban J connectivity index is 2.46. The third-order valence-electron chi connectivity index (χ3n) is 3.91. The molecule has 2 aromatic carbocycles. The van der Waals surface area contributed by atoms with E-state index in [9.17, 15) is 10.2 Å². The van der Waals surface area contributed by atoms with Gasteiger partial charge in [-0.05, 0) is 46.9 Å². The molecule has 3 rings (SSSR count). The van der Waals surface area contributed by atoms with Crippen LogP contribution in [0.4, 0.5) is 0 Å². The fraction of sp³-hybridized carbons (Fsp3) is 0.250. The van der Waals surface area contributed by atoms with Crippen LogP contribution >= 0.6 is 0 Å². The molecule has 0 aliphatic heterocycles. The van der Waals surface area contributed by atoms with Gasteiger partial charge in [0.1, 0.15) is 12.2 Å². The fourth-order valence-electron chi connectivity index (χ4n) is 2.90. The van der Waals surface area contributed by atoms with E-state index in [1.807, 2.05) is 25.1 Å². The number of hydrogen-bond acceptors (Lipinski definition) is 2. The first-order chi connectivity index (χ1) is 8.61. The number of fused-ring (bicyclic) bond motifs is 2. The average Bonchev–Trinajstić information content (AvgIpc) is 2.39. The molecule has 92 valence electrons. The van der Waals surface area contributed by atoms with Gasteiger partial charge in [-0.1, -0.05) is 36.4 Å². The monoisotopic (exact) mass is 240 g/mol. The molecule has 2 atom stereocenters. The van der Waals surface area contributed by atoms with Crippen molar-refractivity contribution in [1.82, 2.24) is 0 Å². The van der Waals surface area contributed by atoms with Crippen LogP contribution in [-0.4, -0.2) is 16.3 Å². The van der Waals surface area contributed by atoms with Crippen LogP contribution in [0, 0.1) is 13.8 Å². The van der Waals surface area contributed by atoms with Crippen LogP contribution < -0.4 is 0 Å². The number of rotatable bonds is 0. The minimum absolute atomic E-state index is 0.809. The molecular formula is C16H16O2. The molecule has 2 nitrogen and oxygen atoms in total. The van der Waals surface area contributed by atoms with Gasteiger partial charge in [-0.25, -0.2) is 0 Å². The van der Waals surface area contributed by atoms with Gasteiger partial charge < -0.3 is 10.2 Å². The molecule has 0 heterocycles. The van der Waals surface area contributed by atoms with Crippen molar-refractivity contribution in [2.45, 2.75) is 26.1 Å². The van der Waals surface area contributed by atoms with Gasteiger partial charge in [0.15, 0.2) is 0 Å². The molecular weight excluding hydrogens is 224 g/mol. The summed E-state index contributed by atoms with van der Waals surface area (Å²) in [4.78, 5) is 0. The first-order valence-electron chi connectivity index (χ1n) is 6.17. The van der Waals surface area contributed by atoms with Gasteiger partial charge in [-0.3, -0.25) is 0 Å². The third kappa shape index (κ3) is 1.43. The summed E-state index contributed by atoms with van der Waals surface area (Å²) in [5.41, 5.74) is 4.13. The van der Waals surface area contributed by atoms with Gasteiger partial charge in [0.25, 0.3) is 0 Å². The Morgan fingerprint density at radius 2 is 1.56 bits per heavy atom. The second-order valence-electron chi connectivity index (χ2n) is 4.92. The lowest BCUT2D eigenvalue weighted by Crippen LogP contribution is -2.21. The minimum Gasteiger partial charge on any atom is -0.386 e. The summed E-state index contributed by atoms with van der Waals surface area (Å²) in [6.45, 7) is 4.07. The Kier molecular flexibility index (Phi) is 2.51. The summed E-state index contributed by atoms with van der Waals surface area (Å²) in [5, 5.41) is 22.3. The predicted octanol–water partition coefficient (Wildman–Crippen LogP) is 2.88. The Hall–Kier alpha value is -1.64. The van der Waals surface area contributed by atoms with Crippen molar-refractivity contribution in [1.29, 1.82) is 0 Å². The van der Waals surface area contributed by atoms with Crippen molar-refractivity contribution < 1.29 is 10.2 Å². The summed E-state index contributed by atoms with van der Waals surface area (Å²) < 4.78 is 0. The Morgan fingerprint density at radius 1 is 0.944 bits per heavy atom. The van der Waals surface area contributed by atoms with Gasteiger partial charge in [0.05, 0.1) is 0 Å². The highest BCUT2D eigenvalue weighted by Gasteiger charge is 2.26. The molecule has 0 unspecified atom stereocenters. The van der Waals surface area contributed by atoms with Crippen molar-refractivity contribution in [2.75, 3.05) is 0 Å². The topological polar surface area (TPSA) is 40.5 Å². The van der Waals surface area contributed by atoms with Crippen molar-refractivity contribution in [3.05, 3.63) is 52.6 Å². The lowest BCUT2D eigenvalue weighted by atomic mass is 9.83. The highest BCUT2D eigenvalue weighted by molar-refractivity contribution is 5.93. The summed E-state index contributed by atoms with van der Waals surface area (Å²) in [6.07, 6.45) is 1.94. The fourth-order valence-corrected chi connectivity index (χ4v) is 2.90. The zero-order valence-electron chi connectivity index (χ0n) is 10.5. The Labute approximate surface area is 106 Å². The number of hydrogen-bond donors (Lipinski definition) is 2. The number of benzene rings is 2. The molecule has 0 spiro atoms. The first kappa shape index (κ1) is 11.5. The van der Waals surface area contributed by atoms with Crippen molar-refractivity contribution >= 4 is 16.8 Å². The zero-order valence-corrected chi connectivity index (χ0v) is 10.5. The van der Waals surface area contributed by atoms with E-state index in [1.54, 1.807) is 6.08 Å². The summed E-state index contributed by atoms with van der Waals surface area (Å²) in [6, 6.07) is 8.19. The average molecular weight is 240 g/mol.